The molecule has 0 spiro atoms. The van der Waals surface area contributed by atoms with Crippen LogP contribution in [0.4, 0.5) is 4.39 Å². The summed E-state index contributed by atoms with van der Waals surface area (Å²) in [5.41, 5.74) is 0.655. The van der Waals surface area contributed by atoms with Crippen molar-refractivity contribution in [3.63, 3.8) is 0 Å². The van der Waals surface area contributed by atoms with E-state index in [0.717, 1.165) is 10.1 Å². The molecule has 0 radical (unpaired) electrons. The minimum atomic E-state index is -4.20. The Kier molecular flexibility index (Phi) is 6.07. The van der Waals surface area contributed by atoms with Crippen LogP contribution in [0.15, 0.2) is 54.6 Å². The topological polar surface area (TPSA) is 86.6 Å². The van der Waals surface area contributed by atoms with Gasteiger partial charge in [0.2, 0.25) is 0 Å². The molecule has 1 aromatic heterocycles. The van der Waals surface area contributed by atoms with Gasteiger partial charge in [-0.3, -0.25) is 9.36 Å². The van der Waals surface area contributed by atoms with Gasteiger partial charge in [-0.05, 0) is 48.1 Å². The van der Waals surface area contributed by atoms with E-state index in [9.17, 15) is 13.8 Å². The van der Waals surface area contributed by atoms with E-state index in [0.29, 0.717) is 10.4 Å². The number of nitrogens with one attached hydrogen (secondary N) is 1. The van der Waals surface area contributed by atoms with E-state index in [1.165, 1.54) is 23.5 Å². The second-order valence-corrected chi connectivity index (χ2v) is 9.19. The first kappa shape index (κ1) is 19.7. The van der Waals surface area contributed by atoms with Gasteiger partial charge in [-0.1, -0.05) is 30.3 Å². The molecule has 3 rings (SSSR count). The molecule has 3 aromatic rings. The molecular weight excluding hydrogens is 388 g/mol. The van der Waals surface area contributed by atoms with Gasteiger partial charge in [0, 0.05) is 10.7 Å². The van der Waals surface area contributed by atoms with E-state index in [4.69, 9.17) is 9.79 Å². The van der Waals surface area contributed by atoms with Crippen molar-refractivity contribution in [1.82, 2.24) is 5.32 Å². The lowest BCUT2D eigenvalue weighted by Gasteiger charge is -2.19. The zero-order valence-electron chi connectivity index (χ0n) is 14.3. The highest BCUT2D eigenvalue weighted by Gasteiger charge is 2.21. The monoisotopic (exact) mass is 407 g/mol. The Morgan fingerprint density at radius 1 is 1.15 bits per heavy atom. The van der Waals surface area contributed by atoms with Gasteiger partial charge in [0.15, 0.2) is 0 Å². The number of amides is 1. The van der Waals surface area contributed by atoms with Crippen LogP contribution in [0.1, 0.15) is 21.7 Å². The Morgan fingerprint density at radius 3 is 2.63 bits per heavy atom. The fraction of sp³-hybridized carbons (Fsp3) is 0.211. The van der Waals surface area contributed by atoms with Crippen molar-refractivity contribution in [1.29, 1.82) is 0 Å². The molecule has 3 N–H and O–H groups in total. The maximum Gasteiger partial charge on any atom is 0.325 e. The van der Waals surface area contributed by atoms with Crippen molar-refractivity contribution < 1.29 is 23.5 Å². The van der Waals surface area contributed by atoms with E-state index in [2.05, 4.69) is 5.32 Å². The van der Waals surface area contributed by atoms with Gasteiger partial charge in [0.25, 0.3) is 5.91 Å². The van der Waals surface area contributed by atoms with Gasteiger partial charge < -0.3 is 15.1 Å². The molecule has 142 valence electrons. The Labute approximate surface area is 160 Å². The molecule has 1 heterocycles. The summed E-state index contributed by atoms with van der Waals surface area (Å²) < 4.78 is 25.7. The number of fused-ring (bicyclic) bond motifs is 1. The van der Waals surface area contributed by atoms with Crippen molar-refractivity contribution in [2.24, 2.45) is 0 Å². The van der Waals surface area contributed by atoms with E-state index in [-0.39, 0.29) is 24.9 Å². The average molecular weight is 407 g/mol. The fourth-order valence-corrected chi connectivity index (χ4v) is 4.46. The van der Waals surface area contributed by atoms with Gasteiger partial charge in [0.1, 0.15) is 5.82 Å². The van der Waals surface area contributed by atoms with Crippen molar-refractivity contribution in [3.05, 3.63) is 70.9 Å². The van der Waals surface area contributed by atoms with Crippen LogP contribution >= 0.6 is 18.9 Å². The summed E-state index contributed by atoms with van der Waals surface area (Å²) in [5, 5.41) is 3.80. The first-order valence-electron chi connectivity index (χ1n) is 8.38. The molecule has 0 aliphatic rings. The molecule has 5 nitrogen and oxygen atoms in total. The summed E-state index contributed by atoms with van der Waals surface area (Å²) in [5.74, 6) is -0.694. The maximum absolute atomic E-state index is 13.4. The van der Waals surface area contributed by atoms with Crippen molar-refractivity contribution in [2.45, 2.75) is 18.9 Å². The van der Waals surface area contributed by atoms with Crippen molar-refractivity contribution >= 4 is 34.9 Å². The summed E-state index contributed by atoms with van der Waals surface area (Å²) in [6, 6.07) is 14.9. The van der Waals surface area contributed by atoms with Gasteiger partial charge in [-0.2, -0.15) is 0 Å². The van der Waals surface area contributed by atoms with Gasteiger partial charge in [-0.25, -0.2) is 4.39 Å². The molecule has 0 aliphatic heterocycles. The molecule has 2 aromatic carbocycles. The molecule has 0 aliphatic carbocycles. The molecule has 0 saturated carbocycles. The van der Waals surface area contributed by atoms with E-state index in [1.54, 1.807) is 18.2 Å². The Morgan fingerprint density at radius 2 is 1.93 bits per heavy atom. The number of thiophene rings is 1. The number of benzene rings is 2. The van der Waals surface area contributed by atoms with Crippen LogP contribution in [-0.4, -0.2) is 27.9 Å². The lowest BCUT2D eigenvalue weighted by Crippen LogP contribution is -2.36. The number of halogens is 1. The SMILES string of the molecule is O=C(N[C@@H](CCP(=O)(O)O)Cc1cccc(F)c1)c1cc2ccccc2s1. The predicted octanol–water partition coefficient (Wildman–Crippen LogP) is 3.95. The number of carbonyl (C=O) groups is 1. The minimum Gasteiger partial charge on any atom is -0.348 e. The zero-order chi connectivity index (χ0) is 19.4. The average Bonchev–Trinajstić information content (AvgIpc) is 3.03. The molecule has 1 atom stereocenters. The maximum atomic E-state index is 13.4. The second kappa shape index (κ2) is 8.31. The van der Waals surface area contributed by atoms with E-state index >= 15 is 0 Å². The van der Waals surface area contributed by atoms with Gasteiger partial charge >= 0.3 is 7.60 Å². The molecule has 0 bridgehead atoms. The molecule has 1 amide bonds. The summed E-state index contributed by atoms with van der Waals surface area (Å²) in [6.07, 6.45) is 0.0332. The number of rotatable bonds is 7. The first-order chi connectivity index (χ1) is 12.8. The largest absolute Gasteiger partial charge is 0.348 e. The van der Waals surface area contributed by atoms with E-state index < -0.39 is 19.5 Å². The highest BCUT2D eigenvalue weighted by Crippen LogP contribution is 2.35. The van der Waals surface area contributed by atoms with Gasteiger partial charge in [0.05, 0.1) is 11.0 Å². The summed E-state index contributed by atoms with van der Waals surface area (Å²) in [7, 11) is -4.20. The summed E-state index contributed by atoms with van der Waals surface area (Å²) >= 11 is 1.35. The standard InChI is InChI=1S/C19H19FNO4PS/c20-15-6-3-4-13(10-15)11-16(8-9-26(23,24)25)21-19(22)18-12-14-5-1-2-7-17(14)27-18/h1-7,10,12,16H,8-9,11H2,(H,21,22)(H2,23,24,25)/t16-/m0/s1. The Balaban J connectivity index is 1.76. The van der Waals surface area contributed by atoms with Crippen molar-refractivity contribution in [2.75, 3.05) is 6.16 Å². The minimum absolute atomic E-state index is 0.0947. The molecule has 8 heteroatoms. The molecular formula is C19H19FNO4PS. The number of hydrogen-bond acceptors (Lipinski definition) is 3. The lowest BCUT2D eigenvalue weighted by molar-refractivity contribution is 0.0939. The van der Waals surface area contributed by atoms with Crippen LogP contribution in [0.25, 0.3) is 10.1 Å². The van der Waals surface area contributed by atoms with Crippen molar-refractivity contribution in [3.8, 4) is 0 Å². The van der Waals surface area contributed by atoms with Crippen LogP contribution in [0.5, 0.6) is 0 Å². The van der Waals surface area contributed by atoms with Gasteiger partial charge in [-0.15, -0.1) is 11.3 Å². The predicted molar refractivity (Wildman–Crippen MR) is 105 cm³/mol. The lowest BCUT2D eigenvalue weighted by atomic mass is 10.0. The highest BCUT2D eigenvalue weighted by molar-refractivity contribution is 7.51. The second-order valence-electron chi connectivity index (χ2n) is 6.33. The third kappa shape index (κ3) is 5.71. The fourth-order valence-electron chi connectivity index (χ4n) is 2.85. The molecule has 27 heavy (non-hydrogen) atoms. The third-order valence-electron chi connectivity index (χ3n) is 4.12. The zero-order valence-corrected chi connectivity index (χ0v) is 16.1. The Hall–Kier alpha value is -2.05. The summed E-state index contributed by atoms with van der Waals surface area (Å²) in [6.45, 7) is 0. The van der Waals surface area contributed by atoms with Crippen LogP contribution in [0.3, 0.4) is 0 Å². The van der Waals surface area contributed by atoms with Crippen LogP contribution in [0, 0.1) is 5.82 Å². The van der Waals surface area contributed by atoms with Crippen LogP contribution in [-0.2, 0) is 11.0 Å². The molecule has 0 saturated heterocycles. The third-order valence-corrected chi connectivity index (χ3v) is 6.08. The molecule has 0 unspecified atom stereocenters. The van der Waals surface area contributed by atoms with Crippen LogP contribution in [0.2, 0.25) is 0 Å². The smallest absolute Gasteiger partial charge is 0.325 e. The van der Waals surface area contributed by atoms with E-state index in [1.807, 2.05) is 24.3 Å². The number of hydrogen-bond donors (Lipinski definition) is 3. The first-order valence-corrected chi connectivity index (χ1v) is 11.0. The highest BCUT2D eigenvalue weighted by atomic mass is 32.1. The normalized spacial score (nSPS) is 12.9. The van der Waals surface area contributed by atoms with Crippen LogP contribution < -0.4 is 5.32 Å². The number of carbonyl (C=O) groups excluding carboxylic acids is 1. The summed E-state index contributed by atoms with van der Waals surface area (Å²) in [4.78, 5) is 31.5. The quantitative estimate of drug-likeness (QED) is 0.518. The Bertz CT molecular complexity index is 967. The molecule has 0 fully saturated rings.